The van der Waals surface area contributed by atoms with Gasteiger partial charge in [-0.05, 0) is 23.7 Å². The number of nitrogens with one attached hydrogen (secondary N) is 1. The van der Waals surface area contributed by atoms with E-state index in [1.165, 1.54) is 11.5 Å². The Morgan fingerprint density at radius 2 is 2.00 bits per heavy atom. The summed E-state index contributed by atoms with van der Waals surface area (Å²) in [6.07, 6.45) is 0. The molecule has 0 saturated carbocycles. The van der Waals surface area contributed by atoms with Gasteiger partial charge in [0.25, 0.3) is 0 Å². The smallest absolute Gasteiger partial charge is 0.259 e. The van der Waals surface area contributed by atoms with Crippen LogP contribution >= 0.6 is 23.1 Å². The first kappa shape index (κ1) is 8.47. The molecule has 2 rings (SSSR count). The van der Waals surface area contributed by atoms with E-state index in [9.17, 15) is 4.79 Å². The van der Waals surface area contributed by atoms with Crippen molar-refractivity contribution in [2.45, 2.75) is 0 Å². The minimum Gasteiger partial charge on any atom is -0.259 e. The summed E-state index contributed by atoms with van der Waals surface area (Å²) >= 11 is 6.93. The van der Waals surface area contributed by atoms with Gasteiger partial charge in [-0.2, -0.15) is 4.98 Å². The lowest BCUT2D eigenvalue weighted by Gasteiger charge is -1.93. The average molecular weight is 213 g/mol. The maximum Gasteiger partial charge on any atom is 0.355 e. The predicted octanol–water partition coefficient (Wildman–Crippen LogP) is 2.15. The van der Waals surface area contributed by atoms with E-state index in [1.54, 1.807) is 12.1 Å². The summed E-state index contributed by atoms with van der Waals surface area (Å²) in [5, 5.41) is 1.35. The summed E-state index contributed by atoms with van der Waals surface area (Å²) in [5.74, 6) is 0. The van der Waals surface area contributed by atoms with Gasteiger partial charge in [-0.3, -0.25) is 4.37 Å². The van der Waals surface area contributed by atoms with Crippen molar-refractivity contribution < 1.29 is 0 Å². The van der Waals surface area contributed by atoms with E-state index in [-0.39, 0.29) is 5.69 Å². The van der Waals surface area contributed by atoms with Gasteiger partial charge in [0.05, 0.1) is 0 Å². The molecule has 2 aromatic rings. The van der Waals surface area contributed by atoms with E-state index in [1.807, 2.05) is 12.1 Å². The van der Waals surface area contributed by atoms with Gasteiger partial charge in [-0.1, -0.05) is 23.7 Å². The lowest BCUT2D eigenvalue weighted by Crippen LogP contribution is -1.99. The second-order valence-corrected chi connectivity index (χ2v) is 3.66. The van der Waals surface area contributed by atoms with Crippen LogP contribution in [0.25, 0.3) is 10.6 Å². The van der Waals surface area contributed by atoms with Gasteiger partial charge in [0.1, 0.15) is 5.01 Å². The third-order valence-electron chi connectivity index (χ3n) is 1.53. The van der Waals surface area contributed by atoms with E-state index in [0.717, 1.165) is 5.56 Å². The second-order valence-electron chi connectivity index (χ2n) is 2.43. The minimum absolute atomic E-state index is 0.310. The van der Waals surface area contributed by atoms with Crippen molar-refractivity contribution in [3.05, 3.63) is 39.8 Å². The normalized spacial score (nSPS) is 10.2. The number of H-pyrrole nitrogens is 1. The molecule has 13 heavy (non-hydrogen) atoms. The van der Waals surface area contributed by atoms with E-state index >= 15 is 0 Å². The molecular weight excluding hydrogens is 208 g/mol. The molecule has 0 bridgehead atoms. The third kappa shape index (κ3) is 1.79. The van der Waals surface area contributed by atoms with E-state index < -0.39 is 0 Å². The number of hydrogen-bond acceptors (Lipinski definition) is 3. The molecule has 1 aromatic heterocycles. The number of nitrogens with zero attached hydrogens (tertiary/aromatic N) is 1. The molecule has 5 heteroatoms. The molecule has 0 fully saturated rings. The van der Waals surface area contributed by atoms with Crippen molar-refractivity contribution in [1.82, 2.24) is 9.36 Å². The zero-order valence-electron chi connectivity index (χ0n) is 6.45. The Morgan fingerprint density at radius 3 is 2.54 bits per heavy atom. The molecule has 3 nitrogen and oxygen atoms in total. The highest BCUT2D eigenvalue weighted by Crippen LogP contribution is 2.20. The van der Waals surface area contributed by atoms with E-state index in [4.69, 9.17) is 11.6 Å². The Bertz CT molecular complexity index is 459. The molecule has 0 aliphatic rings. The fourth-order valence-electron chi connectivity index (χ4n) is 0.946. The van der Waals surface area contributed by atoms with Crippen LogP contribution in [-0.4, -0.2) is 9.36 Å². The van der Waals surface area contributed by atoms with Crippen LogP contribution in [0.3, 0.4) is 0 Å². The Morgan fingerprint density at radius 1 is 1.31 bits per heavy atom. The standard InChI is InChI=1S/C8H5ClN2OS/c9-6-3-1-5(2-4-6)7-10-8(12)11-13-7/h1-4H,(H,11,12). The fourth-order valence-corrected chi connectivity index (χ4v) is 1.68. The zero-order chi connectivity index (χ0) is 9.26. The predicted molar refractivity (Wildman–Crippen MR) is 53.2 cm³/mol. The third-order valence-corrected chi connectivity index (χ3v) is 2.58. The lowest BCUT2D eigenvalue weighted by molar-refractivity contribution is 1.21. The molecule has 0 aliphatic heterocycles. The second kappa shape index (κ2) is 3.32. The van der Waals surface area contributed by atoms with Crippen LogP contribution in [0.15, 0.2) is 29.1 Å². The van der Waals surface area contributed by atoms with Crippen LogP contribution in [0.4, 0.5) is 0 Å². The van der Waals surface area contributed by atoms with Crippen molar-refractivity contribution in [3.63, 3.8) is 0 Å². The number of aromatic nitrogens is 2. The maximum atomic E-state index is 10.7. The van der Waals surface area contributed by atoms with E-state index in [2.05, 4.69) is 9.36 Å². The lowest BCUT2D eigenvalue weighted by atomic mass is 10.2. The van der Waals surface area contributed by atoms with E-state index in [0.29, 0.717) is 10.0 Å². The molecule has 0 aliphatic carbocycles. The van der Waals surface area contributed by atoms with Crippen LogP contribution in [0.5, 0.6) is 0 Å². The summed E-state index contributed by atoms with van der Waals surface area (Å²) in [4.78, 5) is 14.5. The summed E-state index contributed by atoms with van der Waals surface area (Å²) in [5.41, 5.74) is 0.586. The highest BCUT2D eigenvalue weighted by molar-refractivity contribution is 7.09. The first-order valence-corrected chi connectivity index (χ1v) is 4.76. The van der Waals surface area contributed by atoms with Crippen LogP contribution in [0.1, 0.15) is 0 Å². The summed E-state index contributed by atoms with van der Waals surface area (Å²) in [6, 6.07) is 7.19. The van der Waals surface area contributed by atoms with Crippen molar-refractivity contribution in [2.24, 2.45) is 0 Å². The largest absolute Gasteiger partial charge is 0.355 e. The summed E-state index contributed by atoms with van der Waals surface area (Å²) in [6.45, 7) is 0. The SMILES string of the molecule is O=c1nc(-c2ccc(Cl)cc2)s[nH]1. The Kier molecular flexibility index (Phi) is 2.16. The summed E-state index contributed by atoms with van der Waals surface area (Å²) < 4.78 is 2.52. The van der Waals surface area contributed by atoms with Crippen LogP contribution < -0.4 is 5.69 Å². The monoisotopic (exact) mass is 212 g/mol. The van der Waals surface area contributed by atoms with Crippen molar-refractivity contribution in [1.29, 1.82) is 0 Å². The zero-order valence-corrected chi connectivity index (χ0v) is 8.02. The number of rotatable bonds is 1. The maximum absolute atomic E-state index is 10.7. The Hall–Kier alpha value is -1.13. The Labute approximate surface area is 83.2 Å². The summed E-state index contributed by atoms with van der Waals surface area (Å²) in [7, 11) is 0. The molecule has 1 aromatic carbocycles. The van der Waals surface area contributed by atoms with Gasteiger partial charge < -0.3 is 0 Å². The van der Waals surface area contributed by atoms with Gasteiger partial charge in [-0.15, -0.1) is 0 Å². The highest BCUT2D eigenvalue weighted by atomic mass is 35.5. The van der Waals surface area contributed by atoms with Gasteiger partial charge >= 0.3 is 5.69 Å². The van der Waals surface area contributed by atoms with Crippen molar-refractivity contribution in [3.8, 4) is 10.6 Å². The van der Waals surface area contributed by atoms with Crippen LogP contribution in [0, 0.1) is 0 Å². The highest BCUT2D eigenvalue weighted by Gasteiger charge is 2.01. The minimum atomic E-state index is -0.310. The van der Waals surface area contributed by atoms with Crippen molar-refractivity contribution >= 4 is 23.1 Å². The molecule has 66 valence electrons. The molecule has 0 radical (unpaired) electrons. The van der Waals surface area contributed by atoms with Crippen LogP contribution in [0.2, 0.25) is 5.02 Å². The number of aromatic amines is 1. The fraction of sp³-hybridized carbons (Fsp3) is 0. The molecule has 0 unspecified atom stereocenters. The van der Waals surface area contributed by atoms with Gasteiger partial charge in [0.2, 0.25) is 0 Å². The van der Waals surface area contributed by atoms with Gasteiger partial charge in [0, 0.05) is 10.6 Å². The number of halogens is 1. The number of hydrogen-bond donors (Lipinski definition) is 1. The van der Waals surface area contributed by atoms with Crippen molar-refractivity contribution in [2.75, 3.05) is 0 Å². The molecule has 1 heterocycles. The first-order chi connectivity index (χ1) is 6.25. The molecule has 0 saturated heterocycles. The molecule has 1 N–H and O–H groups in total. The van der Waals surface area contributed by atoms with Gasteiger partial charge in [-0.25, -0.2) is 4.79 Å². The van der Waals surface area contributed by atoms with Gasteiger partial charge in [0.15, 0.2) is 0 Å². The first-order valence-electron chi connectivity index (χ1n) is 3.57. The quantitative estimate of drug-likeness (QED) is 0.788. The Balaban J connectivity index is 2.47. The molecule has 0 spiro atoms. The molecular formula is C8H5ClN2OS. The average Bonchev–Trinajstić information content (AvgIpc) is 2.53. The number of benzene rings is 1. The topological polar surface area (TPSA) is 45.8 Å². The van der Waals surface area contributed by atoms with Crippen LogP contribution in [-0.2, 0) is 0 Å². The molecule has 0 atom stereocenters. The molecule has 0 amide bonds.